The Balaban J connectivity index is 1.44. The highest BCUT2D eigenvalue weighted by Crippen LogP contribution is 2.23. The minimum Gasteiger partial charge on any atom is -0.365 e. The number of benzene rings is 1. The van der Waals surface area contributed by atoms with E-state index in [0.29, 0.717) is 43.2 Å². The number of amides is 1. The number of nitrogens with zero attached hydrogens (tertiary/aromatic N) is 5. The number of ether oxygens (including phenoxy) is 1. The Hall–Kier alpha value is -3.07. The van der Waals surface area contributed by atoms with Gasteiger partial charge in [-0.15, -0.1) is 0 Å². The Morgan fingerprint density at radius 1 is 1.36 bits per heavy atom. The van der Waals surface area contributed by atoms with Crippen LogP contribution in [0.5, 0.6) is 0 Å². The highest BCUT2D eigenvalue weighted by Gasteiger charge is 2.30. The van der Waals surface area contributed by atoms with E-state index >= 15 is 0 Å². The fraction of sp³-hybridized carbons (Fsp3) is 0.368. The molecule has 0 unspecified atom stereocenters. The van der Waals surface area contributed by atoms with E-state index in [1.807, 2.05) is 6.92 Å². The number of carbonyl (C=O) groups is 1. The lowest BCUT2D eigenvalue weighted by Gasteiger charge is -2.30. The molecular weight excluding hydrogens is 365 g/mol. The van der Waals surface area contributed by atoms with Crippen molar-refractivity contribution in [2.45, 2.75) is 26.0 Å². The average molecular weight is 385 g/mol. The van der Waals surface area contributed by atoms with Gasteiger partial charge in [-0.1, -0.05) is 23.4 Å². The van der Waals surface area contributed by atoms with Crippen molar-refractivity contribution in [2.75, 3.05) is 19.7 Å². The molecule has 146 valence electrons. The lowest BCUT2D eigenvalue weighted by molar-refractivity contribution is -0.0367. The van der Waals surface area contributed by atoms with Crippen molar-refractivity contribution in [2.24, 2.45) is 0 Å². The normalized spacial score (nSPS) is 17.1. The smallest absolute Gasteiger partial charge is 0.257 e. The van der Waals surface area contributed by atoms with Crippen LogP contribution in [0.15, 0.2) is 41.2 Å². The van der Waals surface area contributed by atoms with E-state index in [-0.39, 0.29) is 24.0 Å². The van der Waals surface area contributed by atoms with Gasteiger partial charge in [-0.3, -0.25) is 9.48 Å². The SMILES string of the molecule is CCn1cc(C(=O)N2CCO[C@H](c3nc(Cc4ccccc4F)no3)C2)cn1. The van der Waals surface area contributed by atoms with Gasteiger partial charge in [0.2, 0.25) is 0 Å². The van der Waals surface area contributed by atoms with Gasteiger partial charge >= 0.3 is 0 Å². The molecule has 1 aliphatic heterocycles. The number of rotatable bonds is 5. The van der Waals surface area contributed by atoms with Gasteiger partial charge in [0.15, 0.2) is 11.9 Å². The summed E-state index contributed by atoms with van der Waals surface area (Å²) in [5, 5.41) is 8.07. The second-order valence-corrected chi connectivity index (χ2v) is 6.51. The molecule has 9 heteroatoms. The first-order chi connectivity index (χ1) is 13.6. The van der Waals surface area contributed by atoms with Crippen molar-refractivity contribution < 1.29 is 18.4 Å². The average Bonchev–Trinajstić information content (AvgIpc) is 3.39. The molecule has 2 aromatic heterocycles. The maximum absolute atomic E-state index is 13.8. The molecule has 0 radical (unpaired) electrons. The molecule has 3 heterocycles. The standard InChI is InChI=1S/C19H20FN5O3/c1-2-25-11-14(10-21-25)19(26)24-7-8-27-16(12-24)18-22-17(23-28-18)9-13-5-3-4-6-15(13)20/h3-6,10-11,16H,2,7-9,12H2,1H3/t16-/m0/s1. The van der Waals surface area contributed by atoms with E-state index < -0.39 is 6.10 Å². The van der Waals surface area contributed by atoms with Crippen LogP contribution in [0.25, 0.3) is 0 Å². The molecule has 1 fully saturated rings. The zero-order chi connectivity index (χ0) is 19.5. The molecule has 0 spiro atoms. The number of hydrogen-bond donors (Lipinski definition) is 0. The van der Waals surface area contributed by atoms with Crippen LogP contribution in [0.4, 0.5) is 4.39 Å². The lowest BCUT2D eigenvalue weighted by atomic mass is 10.1. The van der Waals surface area contributed by atoms with Gasteiger partial charge in [0.05, 0.1) is 24.9 Å². The van der Waals surface area contributed by atoms with Gasteiger partial charge in [-0.2, -0.15) is 10.1 Å². The molecule has 8 nitrogen and oxygen atoms in total. The Bertz CT molecular complexity index is 970. The van der Waals surface area contributed by atoms with Crippen LogP contribution in [0.1, 0.15) is 40.7 Å². The molecule has 1 aliphatic rings. The molecule has 0 bridgehead atoms. The van der Waals surface area contributed by atoms with E-state index in [1.165, 1.54) is 6.07 Å². The Morgan fingerprint density at radius 2 is 2.21 bits per heavy atom. The minimum atomic E-state index is -0.513. The van der Waals surface area contributed by atoms with Crippen LogP contribution in [0.3, 0.4) is 0 Å². The number of hydrogen-bond acceptors (Lipinski definition) is 6. The predicted octanol–water partition coefficient (Wildman–Crippen LogP) is 2.23. The maximum Gasteiger partial charge on any atom is 0.257 e. The van der Waals surface area contributed by atoms with Crippen LogP contribution >= 0.6 is 0 Å². The second-order valence-electron chi connectivity index (χ2n) is 6.51. The summed E-state index contributed by atoms with van der Waals surface area (Å²) in [6, 6.07) is 6.46. The zero-order valence-corrected chi connectivity index (χ0v) is 15.4. The van der Waals surface area contributed by atoms with Crippen molar-refractivity contribution in [3.05, 3.63) is 65.3 Å². The van der Waals surface area contributed by atoms with Gasteiger partial charge in [0.25, 0.3) is 11.8 Å². The van der Waals surface area contributed by atoms with E-state index in [4.69, 9.17) is 9.26 Å². The first kappa shape index (κ1) is 18.3. The topological polar surface area (TPSA) is 86.3 Å². The van der Waals surface area contributed by atoms with E-state index in [1.54, 1.807) is 40.2 Å². The number of carbonyl (C=O) groups excluding carboxylic acids is 1. The monoisotopic (exact) mass is 385 g/mol. The highest BCUT2D eigenvalue weighted by atomic mass is 19.1. The summed E-state index contributed by atoms with van der Waals surface area (Å²) in [4.78, 5) is 18.7. The summed E-state index contributed by atoms with van der Waals surface area (Å²) < 4.78 is 26.5. The first-order valence-corrected chi connectivity index (χ1v) is 9.13. The van der Waals surface area contributed by atoms with Gasteiger partial charge in [-0.05, 0) is 18.6 Å². The number of aryl methyl sites for hydroxylation is 1. The van der Waals surface area contributed by atoms with Gasteiger partial charge < -0.3 is 14.2 Å². The minimum absolute atomic E-state index is 0.112. The van der Waals surface area contributed by atoms with Crippen LogP contribution in [-0.4, -0.2) is 50.4 Å². The highest BCUT2D eigenvalue weighted by molar-refractivity contribution is 5.93. The van der Waals surface area contributed by atoms with Gasteiger partial charge in [0, 0.05) is 25.7 Å². The molecule has 28 heavy (non-hydrogen) atoms. The molecular formula is C19H20FN5O3. The first-order valence-electron chi connectivity index (χ1n) is 9.13. The Morgan fingerprint density at radius 3 is 3.00 bits per heavy atom. The fourth-order valence-electron chi connectivity index (χ4n) is 3.09. The fourth-order valence-corrected chi connectivity index (χ4v) is 3.09. The van der Waals surface area contributed by atoms with Crippen molar-refractivity contribution in [3.63, 3.8) is 0 Å². The lowest BCUT2D eigenvalue weighted by Crippen LogP contribution is -2.42. The van der Waals surface area contributed by atoms with Crippen molar-refractivity contribution >= 4 is 5.91 Å². The summed E-state index contributed by atoms with van der Waals surface area (Å²) in [5.74, 6) is 0.232. The second kappa shape index (κ2) is 7.89. The predicted molar refractivity (Wildman–Crippen MR) is 96.0 cm³/mol. The number of halogens is 1. The van der Waals surface area contributed by atoms with Crippen LogP contribution < -0.4 is 0 Å². The van der Waals surface area contributed by atoms with Gasteiger partial charge in [0.1, 0.15) is 5.82 Å². The molecule has 1 atom stereocenters. The Kier molecular flexibility index (Phi) is 5.16. The summed E-state index contributed by atoms with van der Waals surface area (Å²) in [7, 11) is 0. The van der Waals surface area contributed by atoms with Crippen LogP contribution in [0, 0.1) is 5.82 Å². The van der Waals surface area contributed by atoms with Crippen LogP contribution in [-0.2, 0) is 17.7 Å². The number of aromatic nitrogens is 4. The molecule has 0 N–H and O–H groups in total. The van der Waals surface area contributed by atoms with Gasteiger partial charge in [-0.25, -0.2) is 4.39 Å². The third kappa shape index (κ3) is 3.79. The quantitative estimate of drug-likeness (QED) is 0.669. The van der Waals surface area contributed by atoms with E-state index in [0.717, 1.165) is 0 Å². The van der Waals surface area contributed by atoms with Crippen molar-refractivity contribution in [1.82, 2.24) is 24.8 Å². The summed E-state index contributed by atoms with van der Waals surface area (Å²) in [6.45, 7) is 3.80. The molecule has 1 saturated heterocycles. The molecule has 1 aromatic carbocycles. The molecule has 0 saturated carbocycles. The zero-order valence-electron chi connectivity index (χ0n) is 15.4. The molecule has 4 rings (SSSR count). The summed E-state index contributed by atoms with van der Waals surface area (Å²) in [5.41, 5.74) is 1.03. The molecule has 0 aliphatic carbocycles. The molecule has 1 amide bonds. The van der Waals surface area contributed by atoms with Crippen LogP contribution in [0.2, 0.25) is 0 Å². The third-order valence-electron chi connectivity index (χ3n) is 4.62. The summed E-state index contributed by atoms with van der Waals surface area (Å²) in [6.07, 6.45) is 3.00. The molecule has 3 aromatic rings. The van der Waals surface area contributed by atoms with Crippen molar-refractivity contribution in [1.29, 1.82) is 0 Å². The summed E-state index contributed by atoms with van der Waals surface area (Å²) >= 11 is 0. The Labute approximate surface area is 160 Å². The third-order valence-corrected chi connectivity index (χ3v) is 4.62. The van der Waals surface area contributed by atoms with E-state index in [9.17, 15) is 9.18 Å². The van der Waals surface area contributed by atoms with E-state index in [2.05, 4.69) is 15.2 Å². The maximum atomic E-state index is 13.8. The number of morpholine rings is 1. The van der Waals surface area contributed by atoms with Crippen molar-refractivity contribution in [3.8, 4) is 0 Å². The largest absolute Gasteiger partial charge is 0.365 e.